The minimum Gasteiger partial charge on any atom is -0.477 e. The summed E-state index contributed by atoms with van der Waals surface area (Å²) in [6.07, 6.45) is -0.826. The van der Waals surface area contributed by atoms with E-state index in [4.69, 9.17) is 9.47 Å². The van der Waals surface area contributed by atoms with E-state index < -0.39 is 23.7 Å². The first-order chi connectivity index (χ1) is 11.8. The number of carbonyl (C=O) groups excluding carboxylic acids is 2. The number of carbonyl (C=O) groups is 3. The maximum absolute atomic E-state index is 12.4. The van der Waals surface area contributed by atoms with Gasteiger partial charge in [0.25, 0.3) is 5.91 Å². The summed E-state index contributed by atoms with van der Waals surface area (Å²) in [6, 6.07) is 9.06. The van der Waals surface area contributed by atoms with Crippen molar-refractivity contribution in [2.45, 2.75) is 26.2 Å². The molecule has 1 unspecified atom stereocenters. The molecule has 0 aliphatic carbocycles. The molecule has 2 rings (SSSR count). The number of aliphatic carboxylic acids is 1. The Labute approximate surface area is 145 Å². The Morgan fingerprint density at radius 3 is 2.40 bits per heavy atom. The Morgan fingerprint density at radius 2 is 1.92 bits per heavy atom. The molecule has 0 bridgehead atoms. The van der Waals surface area contributed by atoms with Crippen molar-refractivity contribution < 1.29 is 29.0 Å². The maximum atomic E-state index is 12.4. The second-order valence-electron chi connectivity index (χ2n) is 5.76. The van der Waals surface area contributed by atoms with Crippen LogP contribution in [0.4, 0.5) is 4.79 Å². The van der Waals surface area contributed by atoms with Crippen molar-refractivity contribution in [2.24, 2.45) is 0 Å². The fourth-order valence-corrected chi connectivity index (χ4v) is 2.49. The number of carboxylic acids is 1. The van der Waals surface area contributed by atoms with E-state index in [1.165, 1.54) is 7.11 Å². The highest BCUT2D eigenvalue weighted by molar-refractivity contribution is 6.01. The van der Waals surface area contributed by atoms with Crippen LogP contribution in [0.5, 0.6) is 0 Å². The van der Waals surface area contributed by atoms with Crippen molar-refractivity contribution in [1.29, 1.82) is 0 Å². The normalized spacial score (nSPS) is 19.0. The molecule has 134 valence electrons. The highest BCUT2D eigenvalue weighted by Crippen LogP contribution is 2.29. The van der Waals surface area contributed by atoms with Crippen molar-refractivity contribution >= 4 is 18.0 Å². The highest BCUT2D eigenvalue weighted by Gasteiger charge is 2.56. The number of likely N-dealkylation sites (tertiary alicyclic amines) is 1. The van der Waals surface area contributed by atoms with Crippen LogP contribution in [0.1, 0.15) is 19.4 Å². The van der Waals surface area contributed by atoms with Crippen LogP contribution < -0.4 is 5.32 Å². The first kappa shape index (κ1) is 18.5. The molecule has 2 amide bonds. The average Bonchev–Trinajstić information content (AvgIpc) is 2.58. The van der Waals surface area contributed by atoms with Gasteiger partial charge in [0.05, 0.1) is 6.54 Å². The molecule has 1 aromatic rings. The molecule has 2 N–H and O–H groups in total. The van der Waals surface area contributed by atoms with Gasteiger partial charge in [-0.3, -0.25) is 15.0 Å². The molecule has 1 aliphatic heterocycles. The molecule has 1 fully saturated rings. The van der Waals surface area contributed by atoms with Crippen LogP contribution in [0.3, 0.4) is 0 Å². The minimum absolute atomic E-state index is 0.0404. The zero-order valence-corrected chi connectivity index (χ0v) is 14.2. The molecule has 0 radical (unpaired) electrons. The molecule has 0 spiro atoms. The fraction of sp³-hybridized carbons (Fsp3) is 0.353. The number of carboxylic acid groups (broad SMARTS) is 1. The number of benzene rings is 1. The van der Waals surface area contributed by atoms with Gasteiger partial charge in [-0.2, -0.15) is 0 Å². The number of alkyl carbamates (subject to hydrolysis) is 1. The Morgan fingerprint density at radius 1 is 1.28 bits per heavy atom. The second-order valence-corrected chi connectivity index (χ2v) is 5.76. The summed E-state index contributed by atoms with van der Waals surface area (Å²) in [7, 11) is 1.26. The van der Waals surface area contributed by atoms with Crippen molar-refractivity contribution in [1.82, 2.24) is 10.2 Å². The summed E-state index contributed by atoms with van der Waals surface area (Å²) in [5.41, 5.74) is -0.484. The molecule has 1 aliphatic rings. The number of nitrogens with zero attached hydrogens (tertiary/aromatic N) is 1. The van der Waals surface area contributed by atoms with Gasteiger partial charge < -0.3 is 14.6 Å². The van der Waals surface area contributed by atoms with Crippen molar-refractivity contribution in [3.8, 4) is 0 Å². The van der Waals surface area contributed by atoms with E-state index in [-0.39, 0.29) is 18.8 Å². The van der Waals surface area contributed by atoms with Gasteiger partial charge in [-0.05, 0) is 25.0 Å². The van der Waals surface area contributed by atoms with E-state index >= 15 is 0 Å². The van der Waals surface area contributed by atoms with Crippen LogP contribution in [-0.2, 0) is 25.7 Å². The lowest BCUT2D eigenvalue weighted by molar-refractivity contribution is -0.183. The molecule has 1 aromatic carbocycles. The molecule has 1 heterocycles. The third-order valence-electron chi connectivity index (χ3n) is 3.78. The third kappa shape index (κ3) is 3.80. The van der Waals surface area contributed by atoms with Crippen LogP contribution in [0.15, 0.2) is 41.6 Å². The predicted octanol–water partition coefficient (Wildman–Crippen LogP) is 1.48. The van der Waals surface area contributed by atoms with Crippen molar-refractivity contribution in [3.05, 3.63) is 47.2 Å². The fourth-order valence-electron chi connectivity index (χ4n) is 2.49. The van der Waals surface area contributed by atoms with E-state index in [1.807, 2.05) is 18.2 Å². The zero-order valence-electron chi connectivity index (χ0n) is 14.2. The molecule has 8 heteroatoms. The summed E-state index contributed by atoms with van der Waals surface area (Å²) < 4.78 is 10.2. The van der Waals surface area contributed by atoms with Gasteiger partial charge in [0, 0.05) is 7.11 Å². The molecular weight excluding hydrogens is 328 g/mol. The van der Waals surface area contributed by atoms with E-state index in [1.54, 1.807) is 26.0 Å². The van der Waals surface area contributed by atoms with E-state index in [0.717, 1.165) is 10.5 Å². The Hall–Kier alpha value is -2.87. The molecule has 0 aromatic heterocycles. The van der Waals surface area contributed by atoms with E-state index in [9.17, 15) is 19.5 Å². The second kappa shape index (κ2) is 7.35. The van der Waals surface area contributed by atoms with E-state index in [2.05, 4.69) is 5.32 Å². The number of hydrogen-bond donors (Lipinski definition) is 2. The number of amides is 2. The van der Waals surface area contributed by atoms with Gasteiger partial charge in [0.1, 0.15) is 12.3 Å². The number of β-lactam (4-membered cyclic amide) rings is 1. The predicted molar refractivity (Wildman–Crippen MR) is 87.2 cm³/mol. The van der Waals surface area contributed by atoms with E-state index in [0.29, 0.717) is 5.57 Å². The van der Waals surface area contributed by atoms with Crippen molar-refractivity contribution in [2.75, 3.05) is 13.7 Å². The average molecular weight is 348 g/mol. The lowest BCUT2D eigenvalue weighted by Gasteiger charge is -2.47. The van der Waals surface area contributed by atoms with Crippen molar-refractivity contribution in [3.63, 3.8) is 0 Å². The van der Waals surface area contributed by atoms with Gasteiger partial charge in [-0.1, -0.05) is 30.3 Å². The SMILES string of the molecule is COC1(NC(=O)OCc2ccccc2)CN(C(C(=O)O)=C(C)C)C1=O. The summed E-state index contributed by atoms with van der Waals surface area (Å²) in [5, 5.41) is 11.6. The number of hydrogen-bond acceptors (Lipinski definition) is 5. The molecule has 1 saturated heterocycles. The lowest BCUT2D eigenvalue weighted by atomic mass is 10.00. The summed E-state index contributed by atoms with van der Waals surface area (Å²) in [6.45, 7) is 3.10. The number of ether oxygens (including phenoxy) is 2. The topological polar surface area (TPSA) is 105 Å². The lowest BCUT2D eigenvalue weighted by Crippen LogP contribution is -2.75. The highest BCUT2D eigenvalue weighted by atomic mass is 16.6. The number of rotatable bonds is 6. The van der Waals surface area contributed by atoms with Gasteiger partial charge in [-0.15, -0.1) is 0 Å². The zero-order chi connectivity index (χ0) is 18.6. The van der Waals surface area contributed by atoms with Gasteiger partial charge in [0.2, 0.25) is 5.72 Å². The molecule has 1 atom stereocenters. The quantitative estimate of drug-likeness (QED) is 0.458. The molecule has 8 nitrogen and oxygen atoms in total. The Balaban J connectivity index is 2.00. The summed E-state index contributed by atoms with van der Waals surface area (Å²) in [5.74, 6) is -1.88. The van der Waals surface area contributed by atoms with Crippen LogP contribution in [-0.4, -0.2) is 47.4 Å². The standard InChI is InChI=1S/C17H20N2O6/c1-11(2)13(14(20)21)19-10-17(24-3,15(19)22)18-16(23)25-9-12-7-5-4-6-8-12/h4-8H,9-10H2,1-3H3,(H,18,23)(H,20,21). The van der Waals surface area contributed by atoms with Gasteiger partial charge >= 0.3 is 12.1 Å². The summed E-state index contributed by atoms with van der Waals surface area (Å²) in [4.78, 5) is 36.7. The largest absolute Gasteiger partial charge is 0.477 e. The first-order valence-corrected chi connectivity index (χ1v) is 7.57. The van der Waals surface area contributed by atoms with Gasteiger partial charge in [-0.25, -0.2) is 9.59 Å². The smallest absolute Gasteiger partial charge is 0.410 e. The van der Waals surface area contributed by atoms with Crippen LogP contribution in [0, 0.1) is 0 Å². The van der Waals surface area contributed by atoms with Crippen LogP contribution in [0.25, 0.3) is 0 Å². The molecule has 0 saturated carbocycles. The van der Waals surface area contributed by atoms with Crippen LogP contribution >= 0.6 is 0 Å². The summed E-state index contributed by atoms with van der Waals surface area (Å²) >= 11 is 0. The van der Waals surface area contributed by atoms with Gasteiger partial charge in [0.15, 0.2) is 0 Å². The first-order valence-electron chi connectivity index (χ1n) is 7.57. The maximum Gasteiger partial charge on any atom is 0.410 e. The Kier molecular flexibility index (Phi) is 5.43. The third-order valence-corrected chi connectivity index (χ3v) is 3.78. The number of allylic oxidation sites excluding steroid dienone is 1. The van der Waals surface area contributed by atoms with Crippen LogP contribution in [0.2, 0.25) is 0 Å². The minimum atomic E-state index is -1.62. The number of methoxy groups -OCH3 is 1. The monoisotopic (exact) mass is 348 g/mol. The molecule has 25 heavy (non-hydrogen) atoms. The molecular formula is C17H20N2O6. The number of nitrogens with one attached hydrogen (secondary N) is 1. The Bertz CT molecular complexity index is 711.